The van der Waals surface area contributed by atoms with Gasteiger partial charge in [-0.1, -0.05) is 29.8 Å². The number of nitrogens with one attached hydrogen (secondary N) is 1. The summed E-state index contributed by atoms with van der Waals surface area (Å²) in [7, 11) is 1.43. The molecule has 1 aromatic heterocycles. The number of Topliss-reactive ketones (excluding diaryl/α,β-unsaturated/α-hetero) is 1. The van der Waals surface area contributed by atoms with Crippen molar-refractivity contribution in [2.45, 2.75) is 11.8 Å². The highest BCUT2D eigenvalue weighted by molar-refractivity contribution is 7.92. The Balaban J connectivity index is 1.56. The number of halogens is 1. The molecule has 0 amide bonds. The zero-order chi connectivity index (χ0) is 31.5. The van der Waals surface area contributed by atoms with Gasteiger partial charge < -0.3 is 18.9 Å². The van der Waals surface area contributed by atoms with Crippen molar-refractivity contribution in [1.82, 2.24) is 9.36 Å². The lowest BCUT2D eigenvalue weighted by atomic mass is 10.1. The van der Waals surface area contributed by atoms with Crippen LogP contribution in [0.15, 0.2) is 70.4 Å². The minimum Gasteiger partial charge on any atom is -0.493 e. The molecule has 0 aliphatic heterocycles. The first-order chi connectivity index (χ1) is 20.4. The van der Waals surface area contributed by atoms with Crippen LogP contribution in [0.2, 0.25) is 5.02 Å². The number of rotatable bonds is 11. The summed E-state index contributed by atoms with van der Waals surface area (Å²) < 4.78 is 52.7. The Morgan fingerprint density at radius 1 is 0.907 bits per heavy atom. The number of carbonyl (C=O) groups is 2. The van der Waals surface area contributed by atoms with Crippen molar-refractivity contribution in [2.75, 3.05) is 32.7 Å². The molecule has 0 aliphatic carbocycles. The second-order valence-electron chi connectivity index (χ2n) is 9.13. The van der Waals surface area contributed by atoms with E-state index in [0.717, 1.165) is 12.1 Å². The van der Waals surface area contributed by atoms with E-state index >= 15 is 0 Å². The van der Waals surface area contributed by atoms with Gasteiger partial charge in [-0.3, -0.25) is 19.0 Å². The van der Waals surface area contributed by atoms with Gasteiger partial charge in [0.05, 0.1) is 43.2 Å². The van der Waals surface area contributed by atoms with Crippen molar-refractivity contribution in [3.05, 3.63) is 92.9 Å². The second kappa shape index (κ2) is 12.6. The van der Waals surface area contributed by atoms with Gasteiger partial charge in [0.2, 0.25) is 11.5 Å². The smallest absolute Gasteiger partial charge is 0.338 e. The van der Waals surface area contributed by atoms with Crippen molar-refractivity contribution in [3.8, 4) is 22.9 Å². The normalized spacial score (nSPS) is 11.1. The fourth-order valence-corrected chi connectivity index (χ4v) is 5.74. The third kappa shape index (κ3) is 6.37. The van der Waals surface area contributed by atoms with Crippen molar-refractivity contribution >= 4 is 39.1 Å². The third-order valence-corrected chi connectivity index (χ3v) is 8.08. The van der Waals surface area contributed by atoms with E-state index in [1.54, 1.807) is 44.3 Å². The standard InChI is InChI=1S/C29H28ClN3O9S/c1-17-26(28(35)33(32(17)2)21-9-7-6-8-10-21)31-43(37,38)22-12-19(11-20(30)15-22)29(36)42-16-23(34)18-13-24(39-3)27(41-5)25(14-18)40-4/h6-15,31H,16H2,1-5H3. The van der Waals surface area contributed by atoms with Gasteiger partial charge in [-0.15, -0.1) is 0 Å². The summed E-state index contributed by atoms with van der Waals surface area (Å²) in [6.45, 7) is 0.914. The molecule has 0 radical (unpaired) electrons. The summed E-state index contributed by atoms with van der Waals surface area (Å²) in [6, 6.07) is 14.9. The van der Waals surface area contributed by atoms with Gasteiger partial charge >= 0.3 is 5.97 Å². The highest BCUT2D eigenvalue weighted by Crippen LogP contribution is 2.38. The number of esters is 1. The van der Waals surface area contributed by atoms with Crippen LogP contribution in [0.3, 0.4) is 0 Å². The fraction of sp³-hybridized carbons (Fsp3) is 0.207. The van der Waals surface area contributed by atoms with Gasteiger partial charge in [-0.2, -0.15) is 0 Å². The summed E-state index contributed by atoms with van der Waals surface area (Å²) in [6.07, 6.45) is 0. The molecule has 0 saturated carbocycles. The first-order valence-corrected chi connectivity index (χ1v) is 14.5. The predicted octanol–water partition coefficient (Wildman–Crippen LogP) is 4.00. The van der Waals surface area contributed by atoms with Crippen molar-refractivity contribution in [2.24, 2.45) is 7.05 Å². The Bertz CT molecular complexity index is 1840. The molecule has 1 heterocycles. The van der Waals surface area contributed by atoms with Gasteiger partial charge in [-0.05, 0) is 49.4 Å². The zero-order valence-electron chi connectivity index (χ0n) is 23.8. The number of anilines is 1. The van der Waals surface area contributed by atoms with E-state index in [2.05, 4.69) is 4.72 Å². The molecule has 0 bridgehead atoms. The molecule has 4 aromatic rings. The minimum atomic E-state index is -4.39. The molecule has 0 unspecified atom stereocenters. The number of methoxy groups -OCH3 is 3. The lowest BCUT2D eigenvalue weighted by Crippen LogP contribution is -2.23. The SMILES string of the molecule is COc1cc(C(=O)COC(=O)c2cc(Cl)cc(S(=O)(=O)Nc3c(C)n(C)n(-c4ccccc4)c3=O)c2)cc(OC)c1OC. The van der Waals surface area contributed by atoms with Gasteiger partial charge in [0.15, 0.2) is 18.1 Å². The van der Waals surface area contributed by atoms with Crippen molar-refractivity contribution in [1.29, 1.82) is 0 Å². The topological polar surface area (TPSA) is 144 Å². The molecule has 0 atom stereocenters. The molecule has 1 N–H and O–H groups in total. The summed E-state index contributed by atoms with van der Waals surface area (Å²) in [5.74, 6) is -0.833. The monoisotopic (exact) mass is 629 g/mol. The maximum Gasteiger partial charge on any atom is 0.338 e. The maximum absolute atomic E-state index is 13.3. The van der Waals surface area contributed by atoms with E-state index in [4.69, 9.17) is 30.5 Å². The summed E-state index contributed by atoms with van der Waals surface area (Å²) in [5.41, 5.74) is 0.0206. The number of benzene rings is 3. The molecule has 12 nitrogen and oxygen atoms in total. The molecule has 0 fully saturated rings. The minimum absolute atomic E-state index is 0.0859. The Kier molecular flexibility index (Phi) is 9.16. The molecule has 226 valence electrons. The Morgan fingerprint density at radius 3 is 2.12 bits per heavy atom. The largest absolute Gasteiger partial charge is 0.493 e. The number of aromatic nitrogens is 2. The van der Waals surface area contributed by atoms with Crippen LogP contribution in [-0.4, -0.2) is 57.5 Å². The lowest BCUT2D eigenvalue weighted by Gasteiger charge is -2.14. The first-order valence-electron chi connectivity index (χ1n) is 12.6. The average molecular weight is 630 g/mol. The number of nitrogens with zero attached hydrogens (tertiary/aromatic N) is 2. The summed E-state index contributed by atoms with van der Waals surface area (Å²) in [5, 5.41) is -0.0859. The van der Waals surface area contributed by atoms with Gasteiger partial charge in [0, 0.05) is 17.6 Å². The van der Waals surface area contributed by atoms with Crippen LogP contribution >= 0.6 is 11.6 Å². The third-order valence-electron chi connectivity index (χ3n) is 6.53. The van der Waals surface area contributed by atoms with E-state index in [-0.39, 0.29) is 39.1 Å². The number of hydrogen-bond donors (Lipinski definition) is 1. The number of ether oxygens (including phenoxy) is 4. The average Bonchev–Trinajstić information content (AvgIpc) is 3.21. The Hall–Kier alpha value is -4.75. The Morgan fingerprint density at radius 2 is 1.53 bits per heavy atom. The van der Waals surface area contributed by atoms with Crippen molar-refractivity contribution < 1.29 is 37.0 Å². The molecule has 3 aromatic carbocycles. The van der Waals surface area contributed by atoms with E-state index in [0.29, 0.717) is 11.4 Å². The zero-order valence-corrected chi connectivity index (χ0v) is 25.4. The molecule has 0 saturated heterocycles. The van der Waals surface area contributed by atoms with Crippen LogP contribution in [0.4, 0.5) is 5.69 Å². The molecule has 43 heavy (non-hydrogen) atoms. The van der Waals surface area contributed by atoms with Crippen LogP contribution in [0.25, 0.3) is 5.69 Å². The highest BCUT2D eigenvalue weighted by Gasteiger charge is 2.25. The molecule has 14 heteroatoms. The van der Waals surface area contributed by atoms with Crippen molar-refractivity contribution in [3.63, 3.8) is 0 Å². The summed E-state index contributed by atoms with van der Waals surface area (Å²) in [4.78, 5) is 38.5. The first kappa shape index (κ1) is 31.2. The van der Waals surface area contributed by atoms with Gasteiger partial charge in [-0.25, -0.2) is 17.9 Å². The summed E-state index contributed by atoms with van der Waals surface area (Å²) >= 11 is 6.15. The van der Waals surface area contributed by atoms with E-state index in [1.807, 2.05) is 0 Å². The molecule has 0 spiro atoms. The van der Waals surface area contributed by atoms with Crippen LogP contribution in [0.5, 0.6) is 17.2 Å². The lowest BCUT2D eigenvalue weighted by molar-refractivity contribution is 0.0474. The second-order valence-corrected chi connectivity index (χ2v) is 11.2. The fourth-order valence-electron chi connectivity index (χ4n) is 4.25. The predicted molar refractivity (Wildman–Crippen MR) is 159 cm³/mol. The molecule has 0 aliphatic rings. The van der Waals surface area contributed by atoms with Crippen LogP contribution < -0.4 is 24.5 Å². The van der Waals surface area contributed by atoms with E-state index in [1.165, 1.54) is 48.9 Å². The maximum atomic E-state index is 13.3. The number of sulfonamides is 1. The van der Waals surface area contributed by atoms with E-state index < -0.39 is 38.8 Å². The quantitative estimate of drug-likeness (QED) is 0.192. The number of ketones is 1. The van der Waals surface area contributed by atoms with Gasteiger partial charge in [0.1, 0.15) is 5.69 Å². The highest BCUT2D eigenvalue weighted by atomic mass is 35.5. The van der Waals surface area contributed by atoms with E-state index in [9.17, 15) is 22.8 Å². The number of carbonyl (C=O) groups excluding carboxylic acids is 2. The molecule has 4 rings (SSSR count). The van der Waals surface area contributed by atoms with Crippen LogP contribution in [-0.2, 0) is 21.8 Å². The van der Waals surface area contributed by atoms with Gasteiger partial charge in [0.25, 0.3) is 15.6 Å². The molecular weight excluding hydrogens is 602 g/mol. The number of hydrogen-bond acceptors (Lipinski definition) is 9. The Labute approximate surface area is 252 Å². The van der Waals surface area contributed by atoms with Crippen LogP contribution in [0.1, 0.15) is 26.4 Å². The number of para-hydroxylation sites is 1. The van der Waals surface area contributed by atoms with Crippen LogP contribution in [0, 0.1) is 6.92 Å². The molecular formula is C29H28ClN3O9S.